The second-order valence-electron chi connectivity index (χ2n) is 8.69. The molecule has 2 aromatic heterocycles. The number of carbonyl (C=O) groups excluding carboxylic acids is 1. The first-order valence-corrected chi connectivity index (χ1v) is 11.3. The van der Waals surface area contributed by atoms with E-state index in [4.69, 9.17) is 4.74 Å². The van der Waals surface area contributed by atoms with Gasteiger partial charge in [0.2, 0.25) is 11.9 Å². The van der Waals surface area contributed by atoms with Gasteiger partial charge in [-0.05, 0) is 55.3 Å². The zero-order valence-corrected chi connectivity index (χ0v) is 19.0. The summed E-state index contributed by atoms with van der Waals surface area (Å²) in [5.74, 6) is 1.56. The molecule has 1 amide bonds. The number of amides is 1. The molecular weight excluding hydrogens is 416 g/mol. The number of hydrogen-bond donors (Lipinski definition) is 1. The highest BCUT2D eigenvalue weighted by atomic mass is 16.5. The molecule has 0 spiro atoms. The van der Waals surface area contributed by atoms with Crippen LogP contribution in [0.2, 0.25) is 0 Å². The lowest BCUT2D eigenvalue weighted by atomic mass is 10.0. The van der Waals surface area contributed by atoms with Crippen molar-refractivity contribution in [2.24, 2.45) is 5.92 Å². The van der Waals surface area contributed by atoms with Crippen LogP contribution in [-0.4, -0.2) is 71.0 Å². The van der Waals surface area contributed by atoms with Gasteiger partial charge < -0.3 is 19.9 Å². The Hall–Kier alpha value is -3.52. The lowest BCUT2D eigenvalue weighted by Crippen LogP contribution is -2.49. The Kier molecular flexibility index (Phi) is 5.92. The summed E-state index contributed by atoms with van der Waals surface area (Å²) in [6, 6.07) is 11.7. The number of nitrogens with one attached hydrogen (secondary N) is 1. The fourth-order valence-corrected chi connectivity index (χ4v) is 4.52. The van der Waals surface area contributed by atoms with Crippen molar-refractivity contribution in [2.45, 2.75) is 12.8 Å². The molecule has 1 saturated heterocycles. The van der Waals surface area contributed by atoms with Crippen LogP contribution < -0.4 is 10.1 Å². The minimum absolute atomic E-state index is 0.0392. The number of rotatable bonds is 5. The Morgan fingerprint density at radius 2 is 1.76 bits per heavy atom. The van der Waals surface area contributed by atoms with Gasteiger partial charge in [-0.1, -0.05) is 6.07 Å². The van der Waals surface area contributed by atoms with Crippen LogP contribution in [0.5, 0.6) is 5.75 Å². The van der Waals surface area contributed by atoms with Crippen LogP contribution in [0.1, 0.15) is 11.1 Å². The molecule has 0 saturated carbocycles. The highest BCUT2D eigenvalue weighted by molar-refractivity contribution is 5.81. The van der Waals surface area contributed by atoms with Crippen LogP contribution >= 0.6 is 0 Å². The maximum Gasteiger partial charge on any atom is 0.227 e. The third-order valence-corrected chi connectivity index (χ3v) is 6.44. The van der Waals surface area contributed by atoms with Crippen molar-refractivity contribution in [3.8, 4) is 17.1 Å². The van der Waals surface area contributed by atoms with E-state index >= 15 is 0 Å². The van der Waals surface area contributed by atoms with E-state index in [9.17, 15) is 4.79 Å². The van der Waals surface area contributed by atoms with Gasteiger partial charge in [-0.2, -0.15) is 0 Å². The van der Waals surface area contributed by atoms with Gasteiger partial charge in [-0.25, -0.2) is 9.97 Å². The van der Waals surface area contributed by atoms with Gasteiger partial charge in [-0.15, -0.1) is 0 Å². The summed E-state index contributed by atoms with van der Waals surface area (Å²) < 4.78 is 5.29. The maximum atomic E-state index is 13.0. The van der Waals surface area contributed by atoms with Crippen molar-refractivity contribution >= 4 is 17.5 Å². The molecule has 0 bridgehead atoms. The molecule has 5 rings (SSSR count). The summed E-state index contributed by atoms with van der Waals surface area (Å²) in [5, 5.41) is 3.30. The number of fused-ring (bicyclic) bond motifs is 1. The van der Waals surface area contributed by atoms with Gasteiger partial charge in [0.05, 0.1) is 18.5 Å². The van der Waals surface area contributed by atoms with Gasteiger partial charge in [0, 0.05) is 56.2 Å². The fraction of sp³-hybridized carbons (Fsp3) is 0.360. The number of nitrogens with zero attached hydrogens (tertiary/aromatic N) is 5. The van der Waals surface area contributed by atoms with Crippen molar-refractivity contribution in [3.63, 3.8) is 0 Å². The van der Waals surface area contributed by atoms with E-state index in [-0.39, 0.29) is 11.8 Å². The molecule has 1 N–H and O–H groups in total. The Morgan fingerprint density at radius 1 is 0.970 bits per heavy atom. The largest absolute Gasteiger partial charge is 0.497 e. The highest BCUT2D eigenvalue weighted by Crippen LogP contribution is 2.31. The number of carbonyl (C=O) groups is 1. The Balaban J connectivity index is 1.28. The van der Waals surface area contributed by atoms with Gasteiger partial charge in [0.15, 0.2) is 0 Å². The molecule has 1 aromatic carbocycles. The first-order valence-electron chi connectivity index (χ1n) is 11.3. The number of anilines is 2. The monoisotopic (exact) mass is 444 g/mol. The number of pyridine rings is 1. The molecule has 3 heterocycles. The second-order valence-corrected chi connectivity index (χ2v) is 8.69. The standard InChI is InChI=1S/C25H28N6O2/c1-30-9-11-31(12-10-30)24(32)19-13-17-3-4-20(15-18(17)14-19)28-25-27-8-6-22(29-25)23-16-21(33-2)5-7-26-23/h3-8,15-16,19H,9-14H2,1-2H3,(H,27,28,29). The van der Waals surface area contributed by atoms with E-state index in [1.165, 1.54) is 11.1 Å². The molecule has 3 aromatic rings. The minimum Gasteiger partial charge on any atom is -0.497 e. The van der Waals surface area contributed by atoms with Crippen LogP contribution in [0.25, 0.3) is 11.4 Å². The molecule has 1 atom stereocenters. The second kappa shape index (κ2) is 9.15. The van der Waals surface area contributed by atoms with E-state index < -0.39 is 0 Å². The summed E-state index contributed by atoms with van der Waals surface area (Å²) in [6.45, 7) is 3.54. The Morgan fingerprint density at radius 3 is 2.58 bits per heavy atom. The van der Waals surface area contributed by atoms with Crippen molar-refractivity contribution in [1.29, 1.82) is 0 Å². The van der Waals surface area contributed by atoms with Gasteiger partial charge in [0.1, 0.15) is 5.75 Å². The van der Waals surface area contributed by atoms with Gasteiger partial charge >= 0.3 is 0 Å². The smallest absolute Gasteiger partial charge is 0.227 e. The third kappa shape index (κ3) is 4.66. The predicted octanol–water partition coefficient (Wildman–Crippen LogP) is 2.78. The third-order valence-electron chi connectivity index (χ3n) is 6.44. The summed E-state index contributed by atoms with van der Waals surface area (Å²) in [5.41, 5.74) is 4.82. The van der Waals surface area contributed by atoms with Gasteiger partial charge in [0.25, 0.3) is 0 Å². The van der Waals surface area contributed by atoms with Crippen molar-refractivity contribution in [1.82, 2.24) is 24.8 Å². The minimum atomic E-state index is 0.0392. The van der Waals surface area contributed by atoms with Crippen molar-refractivity contribution in [3.05, 3.63) is 59.9 Å². The molecule has 8 nitrogen and oxygen atoms in total. The van der Waals surface area contributed by atoms with Gasteiger partial charge in [-0.3, -0.25) is 9.78 Å². The average Bonchev–Trinajstić information content (AvgIpc) is 3.28. The number of benzene rings is 1. The van der Waals surface area contributed by atoms with E-state index in [2.05, 4.69) is 44.3 Å². The molecular formula is C25H28N6O2. The number of ether oxygens (including phenoxy) is 1. The lowest BCUT2D eigenvalue weighted by Gasteiger charge is -2.34. The van der Waals surface area contributed by atoms with Crippen LogP contribution in [0.4, 0.5) is 11.6 Å². The summed E-state index contributed by atoms with van der Waals surface area (Å²) in [7, 11) is 3.73. The fourth-order valence-electron chi connectivity index (χ4n) is 4.52. The Bertz CT molecular complexity index is 1160. The van der Waals surface area contributed by atoms with Crippen LogP contribution in [-0.2, 0) is 17.6 Å². The number of methoxy groups -OCH3 is 1. The number of piperazine rings is 1. The van der Waals surface area contributed by atoms with Crippen LogP contribution in [0.3, 0.4) is 0 Å². The molecule has 8 heteroatoms. The van der Waals surface area contributed by atoms with Crippen LogP contribution in [0, 0.1) is 5.92 Å². The molecule has 2 aliphatic rings. The quantitative estimate of drug-likeness (QED) is 0.648. The van der Waals surface area contributed by atoms with E-state index in [0.717, 1.165) is 56.2 Å². The van der Waals surface area contributed by atoms with Crippen molar-refractivity contribution < 1.29 is 9.53 Å². The molecule has 1 fully saturated rings. The molecule has 33 heavy (non-hydrogen) atoms. The molecule has 170 valence electrons. The van der Waals surface area contributed by atoms with Crippen molar-refractivity contribution in [2.75, 3.05) is 45.7 Å². The van der Waals surface area contributed by atoms with Crippen LogP contribution in [0.15, 0.2) is 48.8 Å². The zero-order chi connectivity index (χ0) is 22.8. The predicted molar refractivity (Wildman–Crippen MR) is 127 cm³/mol. The number of likely N-dealkylation sites (N-methyl/N-ethyl adjacent to an activating group) is 1. The molecule has 1 aliphatic carbocycles. The topological polar surface area (TPSA) is 83.5 Å². The van der Waals surface area contributed by atoms with E-state index in [0.29, 0.717) is 11.6 Å². The maximum absolute atomic E-state index is 13.0. The lowest BCUT2D eigenvalue weighted by molar-refractivity contribution is -0.136. The Labute approximate surface area is 193 Å². The summed E-state index contributed by atoms with van der Waals surface area (Å²) in [4.78, 5) is 30.7. The molecule has 0 radical (unpaired) electrons. The first-order chi connectivity index (χ1) is 16.1. The van der Waals surface area contributed by atoms with E-state index in [1.54, 1.807) is 25.6 Å². The number of hydrogen-bond acceptors (Lipinski definition) is 7. The first kappa shape index (κ1) is 21.3. The van der Waals surface area contributed by atoms with E-state index in [1.807, 2.05) is 23.1 Å². The number of aromatic nitrogens is 3. The normalized spacial score (nSPS) is 18.1. The average molecular weight is 445 g/mol. The SMILES string of the molecule is COc1ccnc(-c2ccnc(Nc3ccc4c(c3)CC(C(=O)N3CCN(C)CC3)C4)n2)c1. The summed E-state index contributed by atoms with van der Waals surface area (Å²) in [6.07, 6.45) is 5.01. The summed E-state index contributed by atoms with van der Waals surface area (Å²) >= 11 is 0. The zero-order valence-electron chi connectivity index (χ0n) is 19.0. The molecule has 1 unspecified atom stereocenters. The molecule has 1 aliphatic heterocycles. The highest BCUT2D eigenvalue weighted by Gasteiger charge is 2.31.